The second-order valence-corrected chi connectivity index (χ2v) is 7.28. The Morgan fingerprint density at radius 2 is 2.32 bits per heavy atom. The lowest BCUT2D eigenvalue weighted by atomic mass is 10.2. The summed E-state index contributed by atoms with van der Waals surface area (Å²) < 4.78 is 8.18. The van der Waals surface area contributed by atoms with Crippen LogP contribution in [-0.4, -0.2) is 37.6 Å². The maximum absolute atomic E-state index is 5.94. The maximum atomic E-state index is 5.94. The number of imidazole rings is 1. The molecule has 0 aromatic carbocycles. The average Bonchev–Trinajstić information content (AvgIpc) is 3.25. The van der Waals surface area contributed by atoms with Gasteiger partial charge in [-0.1, -0.05) is 6.07 Å². The van der Waals surface area contributed by atoms with Crippen LogP contribution in [0.25, 0.3) is 0 Å². The van der Waals surface area contributed by atoms with Crippen LogP contribution in [-0.2, 0) is 24.4 Å². The van der Waals surface area contributed by atoms with E-state index in [2.05, 4.69) is 29.8 Å². The zero-order valence-electron chi connectivity index (χ0n) is 14.2. The number of pyridine rings is 1. The number of hydrogen-bond acceptors (Lipinski definition) is 6. The van der Waals surface area contributed by atoms with Crippen LogP contribution in [0.4, 0.5) is 0 Å². The molecular weight excluding hydrogens is 334 g/mol. The monoisotopic (exact) mass is 355 g/mol. The van der Waals surface area contributed by atoms with Crippen molar-refractivity contribution in [3.05, 3.63) is 64.4 Å². The highest BCUT2D eigenvalue weighted by Crippen LogP contribution is 2.24. The van der Waals surface area contributed by atoms with Gasteiger partial charge in [0.25, 0.3) is 0 Å². The molecule has 3 aromatic rings. The lowest BCUT2D eigenvalue weighted by Crippen LogP contribution is -2.38. The lowest BCUT2D eigenvalue weighted by molar-refractivity contribution is 0.0573. The van der Waals surface area contributed by atoms with E-state index in [1.165, 1.54) is 10.7 Å². The molecule has 0 radical (unpaired) electrons. The molecule has 0 N–H and O–H groups in total. The van der Waals surface area contributed by atoms with Gasteiger partial charge in [0.05, 0.1) is 43.5 Å². The molecule has 1 unspecified atom stereocenters. The van der Waals surface area contributed by atoms with Crippen LogP contribution < -0.4 is 0 Å². The smallest absolute Gasteiger partial charge is 0.107 e. The van der Waals surface area contributed by atoms with E-state index in [1.54, 1.807) is 17.5 Å². The number of nitrogens with zero attached hydrogens (tertiary/aromatic N) is 5. The SMILES string of the molecule is Cc1csc(CN2Cc3cncn3C(COCc3ccccn3)C2)n1. The van der Waals surface area contributed by atoms with Crippen molar-refractivity contribution < 1.29 is 4.74 Å². The van der Waals surface area contributed by atoms with Crippen LogP contribution in [0.2, 0.25) is 0 Å². The number of fused-ring (bicyclic) bond motifs is 1. The molecule has 0 amide bonds. The molecule has 6 nitrogen and oxygen atoms in total. The standard InChI is InChI=1S/C18H21N5OS/c1-14-12-25-18(21-14)9-22-7-16-6-19-13-23(16)17(8-22)11-24-10-15-4-2-3-5-20-15/h2-6,12-13,17H,7-11H2,1H3. The van der Waals surface area contributed by atoms with Gasteiger partial charge in [-0.25, -0.2) is 9.97 Å². The van der Waals surface area contributed by atoms with Gasteiger partial charge in [-0.15, -0.1) is 11.3 Å². The second kappa shape index (κ2) is 7.43. The molecule has 0 bridgehead atoms. The third kappa shape index (κ3) is 3.95. The molecule has 4 rings (SSSR count). The Hall–Kier alpha value is -2.09. The van der Waals surface area contributed by atoms with Crippen LogP contribution in [0.1, 0.15) is 28.1 Å². The first-order chi connectivity index (χ1) is 12.3. The van der Waals surface area contributed by atoms with Gasteiger partial charge in [-0.05, 0) is 19.1 Å². The summed E-state index contributed by atoms with van der Waals surface area (Å²) in [5, 5.41) is 3.27. The van der Waals surface area contributed by atoms with Crippen LogP contribution >= 0.6 is 11.3 Å². The Morgan fingerprint density at radius 1 is 1.36 bits per heavy atom. The van der Waals surface area contributed by atoms with E-state index in [0.717, 1.165) is 31.0 Å². The fourth-order valence-electron chi connectivity index (χ4n) is 3.17. The highest BCUT2D eigenvalue weighted by molar-refractivity contribution is 7.09. The molecule has 7 heteroatoms. The van der Waals surface area contributed by atoms with Gasteiger partial charge in [0.15, 0.2) is 0 Å². The van der Waals surface area contributed by atoms with Gasteiger partial charge in [0.2, 0.25) is 0 Å². The van der Waals surface area contributed by atoms with E-state index in [4.69, 9.17) is 4.74 Å². The second-order valence-electron chi connectivity index (χ2n) is 6.33. The van der Waals surface area contributed by atoms with Crippen molar-refractivity contribution in [2.75, 3.05) is 13.2 Å². The number of rotatable bonds is 6. The molecule has 1 aliphatic heterocycles. The fraction of sp³-hybridized carbons (Fsp3) is 0.389. The first kappa shape index (κ1) is 16.4. The predicted molar refractivity (Wildman–Crippen MR) is 96.1 cm³/mol. The van der Waals surface area contributed by atoms with E-state index >= 15 is 0 Å². The van der Waals surface area contributed by atoms with E-state index < -0.39 is 0 Å². The minimum atomic E-state index is 0.260. The van der Waals surface area contributed by atoms with Gasteiger partial charge < -0.3 is 9.30 Å². The minimum absolute atomic E-state index is 0.260. The van der Waals surface area contributed by atoms with Gasteiger partial charge in [-0.2, -0.15) is 0 Å². The molecule has 1 aliphatic rings. The number of aryl methyl sites for hydroxylation is 1. The lowest BCUT2D eigenvalue weighted by Gasteiger charge is -2.33. The molecule has 0 saturated carbocycles. The highest BCUT2D eigenvalue weighted by atomic mass is 32.1. The van der Waals surface area contributed by atoms with E-state index in [0.29, 0.717) is 13.2 Å². The normalized spacial score (nSPS) is 17.6. The van der Waals surface area contributed by atoms with Crippen molar-refractivity contribution in [2.45, 2.75) is 32.7 Å². The van der Waals surface area contributed by atoms with Gasteiger partial charge >= 0.3 is 0 Å². The average molecular weight is 355 g/mol. The molecule has 3 aromatic heterocycles. The predicted octanol–water partition coefficient (Wildman–Crippen LogP) is 2.82. The molecule has 130 valence electrons. The number of thiazole rings is 1. The minimum Gasteiger partial charge on any atom is -0.373 e. The molecule has 1 atom stereocenters. The highest BCUT2D eigenvalue weighted by Gasteiger charge is 2.25. The van der Waals surface area contributed by atoms with Crippen molar-refractivity contribution in [1.29, 1.82) is 0 Å². The van der Waals surface area contributed by atoms with Crippen LogP contribution in [0.3, 0.4) is 0 Å². The first-order valence-electron chi connectivity index (χ1n) is 8.39. The van der Waals surface area contributed by atoms with E-state index in [9.17, 15) is 0 Å². The van der Waals surface area contributed by atoms with E-state index in [1.807, 2.05) is 37.6 Å². The summed E-state index contributed by atoms with van der Waals surface area (Å²) in [5.41, 5.74) is 3.28. The summed E-state index contributed by atoms with van der Waals surface area (Å²) in [6.45, 7) is 5.93. The molecule has 4 heterocycles. The van der Waals surface area contributed by atoms with Crippen molar-refractivity contribution in [3.63, 3.8) is 0 Å². The third-order valence-corrected chi connectivity index (χ3v) is 5.26. The van der Waals surface area contributed by atoms with Crippen LogP contribution in [0.5, 0.6) is 0 Å². The molecule has 0 fully saturated rings. The topological polar surface area (TPSA) is 56.1 Å². The molecule has 25 heavy (non-hydrogen) atoms. The summed E-state index contributed by atoms with van der Waals surface area (Å²) in [6, 6.07) is 6.15. The number of ether oxygens (including phenoxy) is 1. The zero-order chi connectivity index (χ0) is 17.1. The van der Waals surface area contributed by atoms with Crippen molar-refractivity contribution in [3.8, 4) is 0 Å². The van der Waals surface area contributed by atoms with Crippen LogP contribution in [0, 0.1) is 6.92 Å². The zero-order valence-corrected chi connectivity index (χ0v) is 15.0. The first-order valence-corrected chi connectivity index (χ1v) is 9.27. The Bertz CT molecular complexity index is 816. The Labute approximate surface area is 151 Å². The van der Waals surface area contributed by atoms with Crippen molar-refractivity contribution >= 4 is 11.3 Å². The molecular formula is C18H21N5OS. The largest absolute Gasteiger partial charge is 0.373 e. The quantitative estimate of drug-likeness (QED) is 0.680. The van der Waals surface area contributed by atoms with Crippen LogP contribution in [0.15, 0.2) is 42.3 Å². The summed E-state index contributed by atoms with van der Waals surface area (Å²) in [5.74, 6) is 0. The van der Waals surface area contributed by atoms with Gasteiger partial charge in [-0.3, -0.25) is 9.88 Å². The summed E-state index contributed by atoms with van der Waals surface area (Å²) >= 11 is 1.73. The molecule has 0 aliphatic carbocycles. The van der Waals surface area contributed by atoms with Crippen molar-refractivity contribution in [2.24, 2.45) is 0 Å². The summed E-state index contributed by atoms with van der Waals surface area (Å²) in [4.78, 5) is 15.6. The summed E-state index contributed by atoms with van der Waals surface area (Å²) in [6.07, 6.45) is 5.66. The third-order valence-electron chi connectivity index (χ3n) is 4.31. The van der Waals surface area contributed by atoms with Crippen molar-refractivity contribution in [1.82, 2.24) is 24.4 Å². The summed E-state index contributed by atoms with van der Waals surface area (Å²) in [7, 11) is 0. The fourth-order valence-corrected chi connectivity index (χ4v) is 3.98. The number of aromatic nitrogens is 4. The number of hydrogen-bond donors (Lipinski definition) is 0. The molecule has 0 saturated heterocycles. The van der Waals surface area contributed by atoms with Gasteiger partial charge in [0.1, 0.15) is 5.01 Å². The Morgan fingerprint density at radius 3 is 3.12 bits per heavy atom. The Balaban J connectivity index is 1.40. The van der Waals surface area contributed by atoms with Gasteiger partial charge in [0, 0.05) is 36.6 Å². The molecule has 0 spiro atoms. The Kier molecular flexibility index (Phi) is 4.87. The van der Waals surface area contributed by atoms with E-state index in [-0.39, 0.29) is 6.04 Å². The maximum Gasteiger partial charge on any atom is 0.107 e.